The van der Waals surface area contributed by atoms with Crippen LogP contribution in [0.2, 0.25) is 0 Å². The zero-order valence-corrected chi connectivity index (χ0v) is 11.1. The van der Waals surface area contributed by atoms with E-state index in [1.165, 1.54) is 0 Å². The van der Waals surface area contributed by atoms with Crippen LogP contribution in [0.4, 0.5) is 5.69 Å². The topological polar surface area (TPSA) is 47.3 Å². The lowest BCUT2D eigenvalue weighted by Crippen LogP contribution is -2.25. The Morgan fingerprint density at radius 2 is 2.28 bits per heavy atom. The van der Waals surface area contributed by atoms with Crippen molar-refractivity contribution >= 4 is 5.69 Å². The molecule has 0 heterocycles. The highest BCUT2D eigenvalue weighted by Crippen LogP contribution is 2.27. The van der Waals surface area contributed by atoms with Crippen molar-refractivity contribution in [3.05, 3.63) is 42.0 Å². The predicted octanol–water partition coefficient (Wildman–Crippen LogP) is 3.01. The number of rotatable bonds is 6. The minimum absolute atomic E-state index is 0.545. The summed E-state index contributed by atoms with van der Waals surface area (Å²) in [7, 11) is 0. The second-order valence-electron chi connectivity index (χ2n) is 4.30. The molecule has 0 aliphatic carbocycles. The van der Waals surface area contributed by atoms with Gasteiger partial charge in [-0.05, 0) is 25.5 Å². The maximum atomic E-state index is 9.82. The molecule has 0 saturated carbocycles. The van der Waals surface area contributed by atoms with Gasteiger partial charge in [-0.1, -0.05) is 19.1 Å². The first kappa shape index (κ1) is 14.3. The quantitative estimate of drug-likeness (QED) is 0.782. The van der Waals surface area contributed by atoms with Crippen molar-refractivity contribution in [3.63, 3.8) is 0 Å². The van der Waals surface area contributed by atoms with Gasteiger partial charge in [0.1, 0.15) is 0 Å². The molecule has 0 radical (unpaired) electrons. The van der Waals surface area contributed by atoms with Crippen LogP contribution in [0.5, 0.6) is 0 Å². The Balaban J connectivity index is 3.23. The van der Waals surface area contributed by atoms with Gasteiger partial charge < -0.3 is 10.0 Å². The van der Waals surface area contributed by atoms with E-state index in [0.29, 0.717) is 12.1 Å². The van der Waals surface area contributed by atoms with Gasteiger partial charge in [-0.15, -0.1) is 6.58 Å². The molecule has 3 heteroatoms. The van der Waals surface area contributed by atoms with Crippen LogP contribution in [0.3, 0.4) is 0 Å². The fourth-order valence-electron chi connectivity index (χ4n) is 1.98. The van der Waals surface area contributed by atoms with Gasteiger partial charge in [0.05, 0.1) is 17.7 Å². The van der Waals surface area contributed by atoms with E-state index in [1.54, 1.807) is 13.0 Å². The molecule has 1 aromatic carbocycles. The molecule has 1 atom stereocenters. The third kappa shape index (κ3) is 3.35. The van der Waals surface area contributed by atoms with Crippen LogP contribution in [-0.4, -0.2) is 18.2 Å². The van der Waals surface area contributed by atoms with E-state index in [-0.39, 0.29) is 0 Å². The fourth-order valence-corrected chi connectivity index (χ4v) is 1.98. The number of aliphatic hydroxyl groups is 1. The molecule has 0 aliphatic heterocycles. The minimum atomic E-state index is -0.545. The second kappa shape index (κ2) is 6.83. The van der Waals surface area contributed by atoms with E-state index in [2.05, 4.69) is 24.5 Å². The van der Waals surface area contributed by atoms with E-state index >= 15 is 0 Å². The molecule has 18 heavy (non-hydrogen) atoms. The molecule has 96 valence electrons. The van der Waals surface area contributed by atoms with Crippen LogP contribution in [0, 0.1) is 11.3 Å². The molecule has 1 rings (SSSR count). The highest BCUT2D eigenvalue weighted by Gasteiger charge is 2.14. The van der Waals surface area contributed by atoms with Gasteiger partial charge in [-0.25, -0.2) is 0 Å². The van der Waals surface area contributed by atoms with E-state index < -0.39 is 6.10 Å². The lowest BCUT2D eigenvalue weighted by molar-refractivity contribution is 0.199. The first-order chi connectivity index (χ1) is 8.63. The monoisotopic (exact) mass is 244 g/mol. The summed E-state index contributed by atoms with van der Waals surface area (Å²) in [5.74, 6) is 0. The lowest BCUT2D eigenvalue weighted by atomic mass is 10.0. The van der Waals surface area contributed by atoms with Gasteiger partial charge in [0.15, 0.2) is 0 Å². The zero-order chi connectivity index (χ0) is 13.5. The molecule has 3 nitrogen and oxygen atoms in total. The minimum Gasteiger partial charge on any atom is -0.389 e. The van der Waals surface area contributed by atoms with Crippen LogP contribution in [0.15, 0.2) is 30.9 Å². The summed E-state index contributed by atoms with van der Waals surface area (Å²) in [6.45, 7) is 9.19. The summed E-state index contributed by atoms with van der Waals surface area (Å²) < 4.78 is 0. The van der Waals surface area contributed by atoms with Gasteiger partial charge in [-0.3, -0.25) is 0 Å². The fraction of sp³-hybridized carbons (Fsp3) is 0.400. The second-order valence-corrected chi connectivity index (χ2v) is 4.30. The molecule has 1 N–H and O–H groups in total. The highest BCUT2D eigenvalue weighted by atomic mass is 16.3. The highest BCUT2D eigenvalue weighted by molar-refractivity contribution is 5.58. The Bertz CT molecular complexity index is 446. The Morgan fingerprint density at radius 3 is 2.78 bits per heavy atom. The van der Waals surface area contributed by atoms with Crippen LogP contribution >= 0.6 is 0 Å². The van der Waals surface area contributed by atoms with Crippen LogP contribution in [-0.2, 0) is 0 Å². The number of aliphatic hydroxyl groups excluding tert-OH is 1. The smallest absolute Gasteiger partial charge is 0.0992 e. The standard InChI is InChI=1S/C15H20N2O/c1-4-8-17(9-5-2)15-10-13(11-16)6-7-14(15)12(3)18/h4,6-7,10,12,18H,1,5,8-9H2,2-3H3/t12-/m1/s1. The predicted molar refractivity (Wildman–Crippen MR) is 74.5 cm³/mol. The van der Waals surface area contributed by atoms with Gasteiger partial charge in [0, 0.05) is 24.3 Å². The van der Waals surface area contributed by atoms with Crippen molar-refractivity contribution in [1.29, 1.82) is 5.26 Å². The molecule has 0 spiro atoms. The number of anilines is 1. The van der Waals surface area contributed by atoms with Crippen molar-refractivity contribution in [2.24, 2.45) is 0 Å². The summed E-state index contributed by atoms with van der Waals surface area (Å²) in [5.41, 5.74) is 2.38. The normalized spacial score (nSPS) is 11.7. The molecular formula is C15H20N2O. The van der Waals surface area contributed by atoms with Crippen LogP contribution in [0.1, 0.15) is 37.5 Å². The third-order valence-electron chi connectivity index (χ3n) is 2.79. The molecule has 0 aliphatic rings. The Morgan fingerprint density at radius 1 is 1.56 bits per heavy atom. The molecular weight excluding hydrogens is 224 g/mol. The van der Waals surface area contributed by atoms with Crippen molar-refractivity contribution in [3.8, 4) is 6.07 Å². The van der Waals surface area contributed by atoms with Crippen molar-refractivity contribution in [2.75, 3.05) is 18.0 Å². The molecule has 0 aromatic heterocycles. The summed E-state index contributed by atoms with van der Waals surface area (Å²) in [6, 6.07) is 7.54. The van der Waals surface area contributed by atoms with Crippen molar-refractivity contribution in [2.45, 2.75) is 26.4 Å². The molecule has 0 fully saturated rings. The number of hydrogen-bond acceptors (Lipinski definition) is 3. The Labute approximate surface area is 109 Å². The molecule has 0 amide bonds. The Hall–Kier alpha value is -1.79. The van der Waals surface area contributed by atoms with Crippen LogP contribution < -0.4 is 4.90 Å². The average Bonchev–Trinajstić information content (AvgIpc) is 2.37. The largest absolute Gasteiger partial charge is 0.389 e. The van der Waals surface area contributed by atoms with Gasteiger partial charge in [0.2, 0.25) is 0 Å². The lowest BCUT2D eigenvalue weighted by Gasteiger charge is -2.26. The van der Waals surface area contributed by atoms with Gasteiger partial charge in [-0.2, -0.15) is 5.26 Å². The number of nitrogens with zero attached hydrogens (tertiary/aromatic N) is 2. The summed E-state index contributed by atoms with van der Waals surface area (Å²) in [6.07, 6.45) is 2.29. The first-order valence-corrected chi connectivity index (χ1v) is 6.22. The van der Waals surface area contributed by atoms with Crippen molar-refractivity contribution in [1.82, 2.24) is 0 Å². The summed E-state index contributed by atoms with van der Waals surface area (Å²) in [5, 5.41) is 18.8. The maximum Gasteiger partial charge on any atom is 0.0992 e. The number of hydrogen-bond donors (Lipinski definition) is 1. The summed E-state index contributed by atoms with van der Waals surface area (Å²) >= 11 is 0. The zero-order valence-electron chi connectivity index (χ0n) is 11.1. The molecule has 1 aromatic rings. The maximum absolute atomic E-state index is 9.82. The van der Waals surface area contributed by atoms with Gasteiger partial charge >= 0.3 is 0 Å². The molecule has 0 bridgehead atoms. The number of benzene rings is 1. The first-order valence-electron chi connectivity index (χ1n) is 6.22. The van der Waals surface area contributed by atoms with E-state index in [0.717, 1.165) is 24.2 Å². The molecule has 0 unspecified atom stereocenters. The summed E-state index contributed by atoms with van der Waals surface area (Å²) in [4.78, 5) is 2.13. The Kier molecular flexibility index (Phi) is 5.41. The number of nitriles is 1. The van der Waals surface area contributed by atoms with Gasteiger partial charge in [0.25, 0.3) is 0 Å². The van der Waals surface area contributed by atoms with Crippen molar-refractivity contribution < 1.29 is 5.11 Å². The third-order valence-corrected chi connectivity index (χ3v) is 2.79. The van der Waals surface area contributed by atoms with E-state index in [1.807, 2.05) is 18.2 Å². The SMILES string of the molecule is C=CCN(CCC)c1cc(C#N)ccc1[C@@H](C)O. The average molecular weight is 244 g/mol. The van der Waals surface area contributed by atoms with Crippen LogP contribution in [0.25, 0.3) is 0 Å². The van der Waals surface area contributed by atoms with E-state index in [9.17, 15) is 5.11 Å². The molecule has 0 saturated heterocycles. The van der Waals surface area contributed by atoms with E-state index in [4.69, 9.17) is 5.26 Å².